The van der Waals surface area contributed by atoms with E-state index in [4.69, 9.17) is 0 Å². The molecule has 1 aliphatic heterocycles. The van der Waals surface area contributed by atoms with Crippen LogP contribution >= 0.6 is 11.3 Å². The van der Waals surface area contributed by atoms with Crippen LogP contribution in [0.5, 0.6) is 0 Å². The Balaban J connectivity index is 1.80. The third kappa shape index (κ3) is 2.26. The zero-order chi connectivity index (χ0) is 12.5. The van der Waals surface area contributed by atoms with Crippen molar-refractivity contribution in [1.82, 2.24) is 20.5 Å². The number of rotatable bonds is 2. The quantitative estimate of drug-likeness (QED) is 0.865. The summed E-state index contributed by atoms with van der Waals surface area (Å²) in [6, 6.07) is 4.68. The Kier molecular flexibility index (Phi) is 3.05. The zero-order valence-electron chi connectivity index (χ0n) is 10.6. The van der Waals surface area contributed by atoms with E-state index in [1.54, 1.807) is 11.3 Å². The molecular formula is C12H17N5S. The number of aryl methyl sites for hydroxylation is 1. The molecule has 1 atom stereocenters. The fourth-order valence-corrected chi connectivity index (χ4v) is 2.99. The van der Waals surface area contributed by atoms with E-state index in [1.807, 2.05) is 0 Å². The van der Waals surface area contributed by atoms with Gasteiger partial charge in [-0.15, -0.1) is 16.4 Å². The van der Waals surface area contributed by atoms with Crippen LogP contribution in [0.25, 0.3) is 10.7 Å². The monoisotopic (exact) mass is 263 g/mol. The number of aromatic amines is 1. The highest BCUT2D eigenvalue weighted by Crippen LogP contribution is 2.25. The van der Waals surface area contributed by atoms with Crippen LogP contribution in [0.2, 0.25) is 0 Å². The largest absolute Gasteiger partial charge is 0.337 e. The Hall–Kier alpha value is -1.40. The first-order valence-electron chi connectivity index (χ1n) is 6.20. The highest BCUT2D eigenvalue weighted by molar-refractivity contribution is 7.15. The molecule has 0 aromatic carbocycles. The van der Waals surface area contributed by atoms with Crippen molar-refractivity contribution in [2.45, 2.75) is 19.9 Å². The minimum Gasteiger partial charge on any atom is -0.337 e. The summed E-state index contributed by atoms with van der Waals surface area (Å²) in [6.07, 6.45) is 0. The van der Waals surface area contributed by atoms with Gasteiger partial charge in [0, 0.05) is 30.6 Å². The van der Waals surface area contributed by atoms with Crippen molar-refractivity contribution in [1.29, 1.82) is 0 Å². The summed E-state index contributed by atoms with van der Waals surface area (Å²) in [5.41, 5.74) is 0. The Morgan fingerprint density at radius 2 is 2.33 bits per heavy atom. The SMILES string of the molecule is Cc1ccc(-c2nc(N3CCN[C@H](C)C3)n[nH]2)s1. The summed E-state index contributed by atoms with van der Waals surface area (Å²) in [6.45, 7) is 7.20. The highest BCUT2D eigenvalue weighted by atomic mass is 32.1. The molecule has 5 nitrogen and oxygen atoms in total. The van der Waals surface area contributed by atoms with Gasteiger partial charge in [0.1, 0.15) is 0 Å². The fraction of sp³-hybridized carbons (Fsp3) is 0.500. The van der Waals surface area contributed by atoms with Crippen LogP contribution < -0.4 is 10.2 Å². The molecule has 1 aliphatic rings. The van der Waals surface area contributed by atoms with Crippen LogP contribution in [0.1, 0.15) is 11.8 Å². The maximum atomic E-state index is 4.59. The lowest BCUT2D eigenvalue weighted by Gasteiger charge is -2.30. The topological polar surface area (TPSA) is 56.8 Å². The minimum atomic E-state index is 0.490. The predicted octanol–water partition coefficient (Wildman–Crippen LogP) is 1.64. The smallest absolute Gasteiger partial charge is 0.245 e. The molecule has 0 aliphatic carbocycles. The molecule has 3 rings (SSSR count). The zero-order valence-corrected chi connectivity index (χ0v) is 11.4. The Morgan fingerprint density at radius 1 is 1.44 bits per heavy atom. The van der Waals surface area contributed by atoms with Gasteiger partial charge < -0.3 is 10.2 Å². The molecule has 0 radical (unpaired) electrons. The Bertz CT molecular complexity index is 532. The van der Waals surface area contributed by atoms with Crippen molar-refractivity contribution in [3.8, 4) is 10.7 Å². The number of thiophene rings is 1. The molecule has 1 saturated heterocycles. The van der Waals surface area contributed by atoms with Crippen molar-refractivity contribution in [3.63, 3.8) is 0 Å². The maximum absolute atomic E-state index is 4.59. The number of anilines is 1. The van der Waals surface area contributed by atoms with Gasteiger partial charge >= 0.3 is 0 Å². The van der Waals surface area contributed by atoms with Gasteiger partial charge in [0.2, 0.25) is 5.95 Å². The first-order chi connectivity index (χ1) is 8.72. The van der Waals surface area contributed by atoms with Crippen molar-refractivity contribution in [3.05, 3.63) is 17.0 Å². The lowest BCUT2D eigenvalue weighted by atomic mass is 10.2. The average Bonchev–Trinajstić information content (AvgIpc) is 2.97. The third-order valence-corrected chi connectivity index (χ3v) is 4.11. The molecule has 0 bridgehead atoms. The van der Waals surface area contributed by atoms with Gasteiger partial charge in [-0.25, -0.2) is 0 Å². The summed E-state index contributed by atoms with van der Waals surface area (Å²) in [7, 11) is 0. The van der Waals surface area contributed by atoms with E-state index in [9.17, 15) is 0 Å². The predicted molar refractivity (Wildman–Crippen MR) is 74.1 cm³/mol. The van der Waals surface area contributed by atoms with E-state index in [-0.39, 0.29) is 0 Å². The van der Waals surface area contributed by atoms with E-state index in [2.05, 4.69) is 51.4 Å². The van der Waals surface area contributed by atoms with E-state index in [0.29, 0.717) is 6.04 Å². The Morgan fingerprint density at radius 3 is 3.06 bits per heavy atom. The first-order valence-corrected chi connectivity index (χ1v) is 7.01. The van der Waals surface area contributed by atoms with Crippen molar-refractivity contribution < 1.29 is 0 Å². The number of H-pyrrole nitrogens is 1. The molecule has 0 spiro atoms. The number of hydrogen-bond acceptors (Lipinski definition) is 5. The van der Waals surface area contributed by atoms with Crippen LogP contribution in [0.3, 0.4) is 0 Å². The van der Waals surface area contributed by atoms with Gasteiger partial charge in [0.05, 0.1) is 4.88 Å². The summed E-state index contributed by atoms with van der Waals surface area (Å²) >= 11 is 1.74. The molecule has 2 N–H and O–H groups in total. The van der Waals surface area contributed by atoms with Gasteiger partial charge in [-0.1, -0.05) is 0 Å². The maximum Gasteiger partial charge on any atom is 0.245 e. The highest BCUT2D eigenvalue weighted by Gasteiger charge is 2.19. The molecule has 6 heteroatoms. The number of nitrogens with one attached hydrogen (secondary N) is 2. The van der Waals surface area contributed by atoms with Gasteiger partial charge in [-0.05, 0) is 26.0 Å². The van der Waals surface area contributed by atoms with Crippen molar-refractivity contribution >= 4 is 17.3 Å². The molecular weight excluding hydrogens is 246 g/mol. The summed E-state index contributed by atoms with van der Waals surface area (Å²) in [4.78, 5) is 9.26. The molecule has 18 heavy (non-hydrogen) atoms. The lowest BCUT2D eigenvalue weighted by Crippen LogP contribution is -2.49. The second kappa shape index (κ2) is 4.70. The average molecular weight is 263 g/mol. The minimum absolute atomic E-state index is 0.490. The number of hydrogen-bond donors (Lipinski definition) is 2. The molecule has 96 valence electrons. The standard InChI is InChI=1S/C12H17N5S/c1-8-7-17(6-5-13-8)12-14-11(15-16-12)10-4-3-9(2)18-10/h3-4,8,13H,5-7H2,1-2H3,(H,14,15,16)/t8-/m1/s1. The van der Waals surface area contributed by atoms with Gasteiger partial charge in [0.25, 0.3) is 0 Å². The van der Waals surface area contributed by atoms with Crippen molar-refractivity contribution in [2.75, 3.05) is 24.5 Å². The van der Waals surface area contributed by atoms with Crippen molar-refractivity contribution in [2.24, 2.45) is 0 Å². The molecule has 0 amide bonds. The molecule has 0 saturated carbocycles. The second-order valence-corrected chi connectivity index (χ2v) is 5.98. The normalized spacial score (nSPS) is 20.3. The Labute approximate surface area is 110 Å². The second-order valence-electron chi connectivity index (χ2n) is 4.70. The van der Waals surface area contributed by atoms with E-state index < -0.39 is 0 Å². The lowest BCUT2D eigenvalue weighted by molar-refractivity contribution is 0.480. The molecule has 2 aromatic heterocycles. The van der Waals surface area contributed by atoms with Gasteiger partial charge in [-0.2, -0.15) is 4.98 Å². The summed E-state index contributed by atoms with van der Waals surface area (Å²) in [5.74, 6) is 1.68. The van der Waals surface area contributed by atoms with Gasteiger partial charge in [-0.3, -0.25) is 5.10 Å². The van der Waals surface area contributed by atoms with Crippen LogP contribution in [-0.4, -0.2) is 40.9 Å². The molecule has 2 aromatic rings. The molecule has 3 heterocycles. The summed E-state index contributed by atoms with van der Waals surface area (Å²) < 4.78 is 0. The number of piperazine rings is 1. The van der Waals surface area contributed by atoms with E-state index >= 15 is 0 Å². The van der Waals surface area contributed by atoms with Crippen LogP contribution in [0.15, 0.2) is 12.1 Å². The fourth-order valence-electron chi connectivity index (χ4n) is 2.18. The summed E-state index contributed by atoms with van der Waals surface area (Å²) in [5, 5.41) is 10.8. The van der Waals surface area contributed by atoms with Crippen LogP contribution in [0, 0.1) is 6.92 Å². The van der Waals surface area contributed by atoms with Gasteiger partial charge in [0.15, 0.2) is 5.82 Å². The van der Waals surface area contributed by atoms with Crippen LogP contribution in [0.4, 0.5) is 5.95 Å². The number of aromatic nitrogens is 3. The number of nitrogens with zero attached hydrogens (tertiary/aromatic N) is 3. The van der Waals surface area contributed by atoms with Crippen LogP contribution in [-0.2, 0) is 0 Å². The van der Waals surface area contributed by atoms with E-state index in [0.717, 1.165) is 36.3 Å². The third-order valence-electron chi connectivity index (χ3n) is 3.10. The molecule has 1 fully saturated rings. The van der Waals surface area contributed by atoms with E-state index in [1.165, 1.54) is 4.88 Å². The molecule has 0 unspecified atom stereocenters. The first kappa shape index (κ1) is 11.7.